The number of nitrogens with zero attached hydrogens (tertiary/aromatic N) is 3. The molecule has 6 nitrogen and oxygen atoms in total. The number of hydrogen-bond donors (Lipinski definition) is 1. The van der Waals surface area contributed by atoms with Gasteiger partial charge in [0.2, 0.25) is 0 Å². The van der Waals surface area contributed by atoms with E-state index in [0.717, 1.165) is 39.5 Å². The fraction of sp³-hybridized carbons (Fsp3) is 0.500. The molecule has 1 aliphatic rings. The smallest absolute Gasteiger partial charge is 0.264 e. The molecule has 3 rings (SSSR count). The van der Waals surface area contributed by atoms with Crippen LogP contribution in [0, 0.1) is 6.92 Å². The Morgan fingerprint density at radius 3 is 3.00 bits per heavy atom. The molecule has 0 aromatic carbocycles. The Hall–Kier alpha value is -1.73. The molecule has 7 heteroatoms. The first kappa shape index (κ1) is 14.2. The number of hydrogen-bond acceptors (Lipinski definition) is 6. The number of nitrogens with one attached hydrogen (secondary N) is 1. The molecule has 1 fully saturated rings. The van der Waals surface area contributed by atoms with Crippen LogP contribution in [0.1, 0.15) is 21.7 Å². The number of ether oxygens (including phenoxy) is 1. The van der Waals surface area contributed by atoms with Crippen molar-refractivity contribution >= 4 is 33.3 Å². The third-order valence-corrected chi connectivity index (χ3v) is 5.12. The van der Waals surface area contributed by atoms with Crippen molar-refractivity contribution in [2.45, 2.75) is 19.4 Å². The summed E-state index contributed by atoms with van der Waals surface area (Å²) in [6, 6.07) is 0.164. The summed E-state index contributed by atoms with van der Waals surface area (Å²) in [5, 5.41) is 3.99. The predicted molar refractivity (Wildman–Crippen MR) is 83.0 cm³/mol. The van der Waals surface area contributed by atoms with Gasteiger partial charge >= 0.3 is 0 Å². The zero-order chi connectivity index (χ0) is 15.0. The molecule has 0 aliphatic carbocycles. The van der Waals surface area contributed by atoms with Crippen molar-refractivity contribution in [3.63, 3.8) is 0 Å². The second-order valence-corrected chi connectivity index (χ2v) is 6.14. The van der Waals surface area contributed by atoms with Gasteiger partial charge in [0.05, 0.1) is 22.9 Å². The van der Waals surface area contributed by atoms with Gasteiger partial charge in [0, 0.05) is 20.7 Å². The van der Waals surface area contributed by atoms with Crippen molar-refractivity contribution in [3.05, 3.63) is 16.8 Å². The number of likely N-dealkylation sites (N-methyl/N-ethyl adjacent to an activating group) is 1. The highest BCUT2D eigenvalue weighted by Gasteiger charge is 2.28. The Kier molecular flexibility index (Phi) is 3.77. The SMILES string of the molecule is CNc1ncnc2sc(C(=O)N(C)C3CCOC3)c(C)c12. The highest BCUT2D eigenvalue weighted by Crippen LogP contribution is 2.34. The van der Waals surface area contributed by atoms with Gasteiger partial charge in [0.25, 0.3) is 5.91 Å². The molecule has 0 spiro atoms. The Morgan fingerprint density at radius 1 is 1.52 bits per heavy atom. The number of carbonyl (C=O) groups is 1. The minimum atomic E-state index is 0.0352. The first-order valence-electron chi connectivity index (χ1n) is 6.90. The first-order valence-corrected chi connectivity index (χ1v) is 7.72. The first-order chi connectivity index (χ1) is 10.1. The lowest BCUT2D eigenvalue weighted by molar-refractivity contribution is 0.0715. The van der Waals surface area contributed by atoms with Crippen molar-refractivity contribution in [2.75, 3.05) is 32.6 Å². The summed E-state index contributed by atoms with van der Waals surface area (Å²) >= 11 is 1.43. The van der Waals surface area contributed by atoms with E-state index in [2.05, 4.69) is 15.3 Å². The summed E-state index contributed by atoms with van der Waals surface area (Å²) in [7, 11) is 3.67. The fourth-order valence-corrected chi connectivity index (χ4v) is 3.75. The van der Waals surface area contributed by atoms with Crippen LogP contribution < -0.4 is 5.32 Å². The van der Waals surface area contributed by atoms with E-state index in [1.165, 1.54) is 17.7 Å². The summed E-state index contributed by atoms with van der Waals surface area (Å²) < 4.78 is 5.37. The minimum Gasteiger partial charge on any atom is -0.379 e. The summed E-state index contributed by atoms with van der Waals surface area (Å²) in [5.41, 5.74) is 0.940. The maximum absolute atomic E-state index is 12.7. The largest absolute Gasteiger partial charge is 0.379 e. The Bertz CT molecular complexity index is 679. The molecule has 0 radical (unpaired) electrons. The van der Waals surface area contributed by atoms with Crippen LogP contribution in [0.5, 0.6) is 0 Å². The van der Waals surface area contributed by atoms with E-state index in [-0.39, 0.29) is 11.9 Å². The highest BCUT2D eigenvalue weighted by molar-refractivity contribution is 7.20. The third kappa shape index (κ3) is 2.36. The van der Waals surface area contributed by atoms with E-state index < -0.39 is 0 Å². The van der Waals surface area contributed by atoms with Gasteiger partial charge < -0.3 is 15.0 Å². The zero-order valence-electron chi connectivity index (χ0n) is 12.3. The molecular formula is C14H18N4O2S. The number of rotatable bonds is 3. The van der Waals surface area contributed by atoms with Crippen molar-refractivity contribution < 1.29 is 9.53 Å². The van der Waals surface area contributed by atoms with Crippen LogP contribution in [0.25, 0.3) is 10.2 Å². The van der Waals surface area contributed by atoms with Crippen molar-refractivity contribution in [3.8, 4) is 0 Å². The summed E-state index contributed by atoms with van der Waals surface area (Å²) in [6.45, 7) is 3.30. The van der Waals surface area contributed by atoms with Crippen molar-refractivity contribution in [2.24, 2.45) is 0 Å². The topological polar surface area (TPSA) is 67.4 Å². The second-order valence-electron chi connectivity index (χ2n) is 5.14. The minimum absolute atomic E-state index is 0.0352. The number of aryl methyl sites for hydroxylation is 1. The number of fused-ring (bicyclic) bond motifs is 1. The molecule has 3 heterocycles. The average molecular weight is 306 g/mol. The standard InChI is InChI=1S/C14H18N4O2S/c1-8-10-12(15-2)16-7-17-13(10)21-11(8)14(19)18(3)9-4-5-20-6-9/h7,9H,4-6H2,1-3H3,(H,15,16,17). The van der Waals surface area contributed by atoms with Crippen molar-refractivity contribution in [1.82, 2.24) is 14.9 Å². The molecule has 1 unspecified atom stereocenters. The maximum atomic E-state index is 12.7. The molecule has 112 valence electrons. The van der Waals surface area contributed by atoms with E-state index >= 15 is 0 Å². The zero-order valence-corrected chi connectivity index (χ0v) is 13.2. The summed E-state index contributed by atoms with van der Waals surface area (Å²) in [6.07, 6.45) is 2.42. The van der Waals surface area contributed by atoms with Crippen LogP contribution in [0.2, 0.25) is 0 Å². The monoisotopic (exact) mass is 306 g/mol. The molecule has 1 amide bonds. The van der Waals surface area contributed by atoms with Crippen LogP contribution in [0.3, 0.4) is 0 Å². The molecule has 2 aromatic rings. The van der Waals surface area contributed by atoms with Crippen LogP contribution in [-0.4, -0.2) is 54.1 Å². The predicted octanol–water partition coefficient (Wildman–Crippen LogP) is 1.90. The van der Waals surface area contributed by atoms with Gasteiger partial charge in [-0.15, -0.1) is 11.3 Å². The average Bonchev–Trinajstić information content (AvgIpc) is 3.14. The van der Waals surface area contributed by atoms with Crippen LogP contribution >= 0.6 is 11.3 Å². The number of carbonyl (C=O) groups excluding carboxylic acids is 1. The molecule has 1 aliphatic heterocycles. The van der Waals surface area contributed by atoms with Gasteiger partial charge in [-0.25, -0.2) is 9.97 Å². The molecule has 0 bridgehead atoms. The highest BCUT2D eigenvalue weighted by atomic mass is 32.1. The Morgan fingerprint density at radius 2 is 2.33 bits per heavy atom. The molecular weight excluding hydrogens is 288 g/mol. The molecule has 1 N–H and O–H groups in total. The molecule has 2 aromatic heterocycles. The number of amides is 1. The lowest BCUT2D eigenvalue weighted by Gasteiger charge is -2.22. The van der Waals surface area contributed by atoms with E-state index in [1.54, 1.807) is 4.90 Å². The number of anilines is 1. The third-order valence-electron chi connectivity index (χ3n) is 3.93. The van der Waals surface area contributed by atoms with Gasteiger partial charge in [-0.3, -0.25) is 4.79 Å². The normalized spacial score (nSPS) is 18.1. The van der Waals surface area contributed by atoms with Crippen LogP contribution in [-0.2, 0) is 4.74 Å². The van der Waals surface area contributed by atoms with Gasteiger partial charge in [0.1, 0.15) is 17.0 Å². The van der Waals surface area contributed by atoms with Crippen molar-refractivity contribution in [1.29, 1.82) is 0 Å². The summed E-state index contributed by atoms with van der Waals surface area (Å²) in [4.78, 5) is 24.6. The second kappa shape index (κ2) is 5.57. The number of aromatic nitrogens is 2. The quantitative estimate of drug-likeness (QED) is 0.938. The molecule has 0 saturated carbocycles. The van der Waals surface area contributed by atoms with Crippen LogP contribution in [0.4, 0.5) is 5.82 Å². The van der Waals surface area contributed by atoms with Gasteiger partial charge in [-0.2, -0.15) is 0 Å². The van der Waals surface area contributed by atoms with Gasteiger partial charge in [-0.05, 0) is 18.9 Å². The Balaban J connectivity index is 2.00. The lowest BCUT2D eigenvalue weighted by atomic mass is 10.1. The Labute approximate surface area is 127 Å². The molecule has 21 heavy (non-hydrogen) atoms. The van der Waals surface area contributed by atoms with E-state index in [1.807, 2.05) is 21.0 Å². The fourth-order valence-electron chi connectivity index (χ4n) is 2.62. The summed E-state index contributed by atoms with van der Waals surface area (Å²) in [5.74, 6) is 0.799. The van der Waals surface area contributed by atoms with Gasteiger partial charge in [0.15, 0.2) is 0 Å². The van der Waals surface area contributed by atoms with E-state index in [9.17, 15) is 4.79 Å². The van der Waals surface area contributed by atoms with Gasteiger partial charge in [-0.1, -0.05) is 0 Å². The van der Waals surface area contributed by atoms with E-state index in [4.69, 9.17) is 4.74 Å². The lowest BCUT2D eigenvalue weighted by Crippen LogP contribution is -2.37. The van der Waals surface area contributed by atoms with E-state index in [0.29, 0.717) is 6.61 Å². The molecule has 1 saturated heterocycles. The molecule has 1 atom stereocenters. The maximum Gasteiger partial charge on any atom is 0.264 e. The number of thiophene rings is 1. The van der Waals surface area contributed by atoms with Crippen LogP contribution in [0.15, 0.2) is 6.33 Å².